The van der Waals surface area contributed by atoms with Crippen LogP contribution in [-0.4, -0.2) is 52.0 Å². The van der Waals surface area contributed by atoms with E-state index in [0.29, 0.717) is 24.0 Å². The summed E-state index contributed by atoms with van der Waals surface area (Å²) in [6, 6.07) is 6.95. The molecule has 0 aliphatic heterocycles. The van der Waals surface area contributed by atoms with Gasteiger partial charge < -0.3 is 9.64 Å². The van der Waals surface area contributed by atoms with Crippen LogP contribution in [0.15, 0.2) is 29.1 Å². The van der Waals surface area contributed by atoms with Crippen LogP contribution in [0.2, 0.25) is 0 Å². The summed E-state index contributed by atoms with van der Waals surface area (Å²) in [7, 11) is 1.32. The zero-order chi connectivity index (χ0) is 19.1. The van der Waals surface area contributed by atoms with Crippen molar-refractivity contribution in [2.75, 3.05) is 20.2 Å². The lowest BCUT2D eigenvalue weighted by Gasteiger charge is -2.24. The first-order valence-electron chi connectivity index (χ1n) is 8.59. The number of aromatic nitrogens is 3. The summed E-state index contributed by atoms with van der Waals surface area (Å²) in [5.74, 6) is -0.229. The average molecular weight is 360 g/mol. The molecule has 1 aromatic carbocycles. The predicted octanol–water partition coefficient (Wildman–Crippen LogP) is 1.23. The average Bonchev–Trinajstić information content (AvgIpc) is 2.64. The van der Waals surface area contributed by atoms with Crippen LogP contribution in [0.25, 0.3) is 10.9 Å². The van der Waals surface area contributed by atoms with Crippen LogP contribution < -0.4 is 5.56 Å². The number of hydrogen-bond donors (Lipinski definition) is 0. The van der Waals surface area contributed by atoms with Gasteiger partial charge in [-0.15, -0.1) is 5.10 Å². The van der Waals surface area contributed by atoms with E-state index in [1.165, 1.54) is 11.8 Å². The number of aryl methyl sites for hydroxylation is 1. The van der Waals surface area contributed by atoms with Gasteiger partial charge in [0.05, 0.1) is 25.5 Å². The Morgan fingerprint density at radius 2 is 1.96 bits per heavy atom. The number of ether oxygens (including phenoxy) is 1. The summed E-state index contributed by atoms with van der Waals surface area (Å²) in [5, 5.41) is 8.38. The predicted molar refractivity (Wildman–Crippen MR) is 96.5 cm³/mol. The summed E-state index contributed by atoms with van der Waals surface area (Å²) in [4.78, 5) is 37.9. The van der Waals surface area contributed by atoms with Gasteiger partial charge in [-0.1, -0.05) is 31.2 Å². The normalized spacial score (nSPS) is 10.9. The number of carbonyl (C=O) groups excluding carboxylic acids is 2. The van der Waals surface area contributed by atoms with Gasteiger partial charge in [-0.25, -0.2) is 4.68 Å². The van der Waals surface area contributed by atoms with Crippen LogP contribution in [0.5, 0.6) is 0 Å². The molecule has 0 bridgehead atoms. The van der Waals surface area contributed by atoms with Gasteiger partial charge in [0.2, 0.25) is 5.91 Å². The highest BCUT2D eigenvalue weighted by molar-refractivity contribution is 5.78. The third-order valence-electron chi connectivity index (χ3n) is 3.92. The van der Waals surface area contributed by atoms with Crippen molar-refractivity contribution < 1.29 is 14.3 Å². The van der Waals surface area contributed by atoms with Crippen molar-refractivity contribution in [2.45, 2.75) is 33.2 Å². The van der Waals surface area contributed by atoms with E-state index in [-0.39, 0.29) is 42.7 Å². The van der Waals surface area contributed by atoms with Crippen molar-refractivity contribution in [3.63, 3.8) is 0 Å². The molecule has 0 radical (unpaired) electrons. The van der Waals surface area contributed by atoms with E-state index in [9.17, 15) is 14.4 Å². The number of hydrogen-bond acceptors (Lipinski definition) is 6. The van der Waals surface area contributed by atoms with Gasteiger partial charge in [-0.05, 0) is 18.1 Å². The van der Waals surface area contributed by atoms with Gasteiger partial charge in [-0.2, -0.15) is 0 Å². The van der Waals surface area contributed by atoms with Crippen molar-refractivity contribution in [1.82, 2.24) is 19.9 Å². The summed E-state index contributed by atoms with van der Waals surface area (Å²) >= 11 is 0. The standard InChI is InChI=1S/C18H24N4O4/c1-13(2)12-21(10-9-17(24)26-3)16(23)8-11-22-18(25)14-6-4-5-7-15(14)19-20-22/h4-7,13H,8-12H2,1-3H3. The van der Waals surface area contributed by atoms with E-state index in [0.717, 1.165) is 0 Å². The number of amides is 1. The van der Waals surface area contributed by atoms with Crippen molar-refractivity contribution in [1.29, 1.82) is 0 Å². The van der Waals surface area contributed by atoms with Crippen LogP contribution >= 0.6 is 0 Å². The molecule has 2 rings (SSSR count). The Kier molecular flexibility index (Phi) is 6.82. The largest absolute Gasteiger partial charge is 0.469 e. The quantitative estimate of drug-likeness (QED) is 0.657. The Hall–Kier alpha value is -2.77. The maximum Gasteiger partial charge on any atom is 0.307 e. The van der Waals surface area contributed by atoms with Gasteiger partial charge in [0.25, 0.3) is 5.56 Å². The highest BCUT2D eigenvalue weighted by Crippen LogP contribution is 2.06. The zero-order valence-electron chi connectivity index (χ0n) is 15.3. The molecule has 0 aliphatic carbocycles. The minimum atomic E-state index is -0.358. The monoisotopic (exact) mass is 360 g/mol. The second-order valence-corrected chi connectivity index (χ2v) is 6.44. The number of rotatable bonds is 8. The molecule has 8 nitrogen and oxygen atoms in total. The maximum atomic E-state index is 12.5. The molecule has 0 unspecified atom stereocenters. The molecule has 1 heterocycles. The van der Waals surface area contributed by atoms with Crippen LogP contribution in [0, 0.1) is 5.92 Å². The molecular formula is C18H24N4O4. The number of benzene rings is 1. The molecule has 140 valence electrons. The van der Waals surface area contributed by atoms with E-state index in [1.807, 2.05) is 13.8 Å². The fourth-order valence-electron chi connectivity index (χ4n) is 2.62. The Labute approximate surface area is 151 Å². The second kappa shape index (κ2) is 9.07. The number of esters is 1. The van der Waals surface area contributed by atoms with Crippen molar-refractivity contribution in [2.24, 2.45) is 5.92 Å². The van der Waals surface area contributed by atoms with Crippen LogP contribution in [0.4, 0.5) is 0 Å². The maximum absolute atomic E-state index is 12.5. The Morgan fingerprint density at radius 3 is 2.65 bits per heavy atom. The minimum absolute atomic E-state index is 0.112. The Balaban J connectivity index is 2.05. The molecule has 8 heteroatoms. The van der Waals surface area contributed by atoms with E-state index in [4.69, 9.17) is 0 Å². The van der Waals surface area contributed by atoms with Gasteiger partial charge in [0, 0.05) is 19.5 Å². The molecular weight excluding hydrogens is 336 g/mol. The number of nitrogens with zero attached hydrogens (tertiary/aromatic N) is 4. The first-order valence-corrected chi connectivity index (χ1v) is 8.59. The Bertz CT molecular complexity index is 831. The summed E-state index contributed by atoms with van der Waals surface area (Å²) in [5.41, 5.74) is 0.257. The first-order chi connectivity index (χ1) is 12.4. The number of methoxy groups -OCH3 is 1. The van der Waals surface area contributed by atoms with Gasteiger partial charge in [0.15, 0.2) is 0 Å². The van der Waals surface area contributed by atoms with E-state index >= 15 is 0 Å². The Morgan fingerprint density at radius 1 is 1.23 bits per heavy atom. The van der Waals surface area contributed by atoms with E-state index < -0.39 is 0 Å². The molecule has 1 amide bonds. The van der Waals surface area contributed by atoms with Gasteiger partial charge >= 0.3 is 5.97 Å². The molecule has 0 atom stereocenters. The summed E-state index contributed by atoms with van der Waals surface area (Å²) < 4.78 is 5.83. The molecule has 0 aliphatic rings. The fourth-order valence-corrected chi connectivity index (χ4v) is 2.62. The molecule has 0 saturated heterocycles. The van der Waals surface area contributed by atoms with Crippen molar-refractivity contribution in [3.05, 3.63) is 34.6 Å². The van der Waals surface area contributed by atoms with Crippen molar-refractivity contribution in [3.8, 4) is 0 Å². The topological polar surface area (TPSA) is 94.4 Å². The highest BCUT2D eigenvalue weighted by Gasteiger charge is 2.17. The van der Waals surface area contributed by atoms with Crippen molar-refractivity contribution >= 4 is 22.8 Å². The number of carbonyl (C=O) groups is 2. The lowest BCUT2D eigenvalue weighted by atomic mass is 10.2. The first kappa shape index (κ1) is 19.6. The second-order valence-electron chi connectivity index (χ2n) is 6.44. The molecule has 26 heavy (non-hydrogen) atoms. The van der Waals surface area contributed by atoms with E-state index in [1.54, 1.807) is 29.2 Å². The van der Waals surface area contributed by atoms with Crippen LogP contribution in [-0.2, 0) is 20.9 Å². The highest BCUT2D eigenvalue weighted by atomic mass is 16.5. The third kappa shape index (κ3) is 5.11. The smallest absolute Gasteiger partial charge is 0.307 e. The van der Waals surface area contributed by atoms with Gasteiger partial charge in [0.1, 0.15) is 5.52 Å². The minimum Gasteiger partial charge on any atom is -0.469 e. The molecule has 0 N–H and O–H groups in total. The fraction of sp³-hybridized carbons (Fsp3) is 0.500. The number of fused-ring (bicyclic) bond motifs is 1. The van der Waals surface area contributed by atoms with Crippen LogP contribution in [0.1, 0.15) is 26.7 Å². The molecule has 1 aromatic heterocycles. The van der Waals surface area contributed by atoms with Crippen LogP contribution in [0.3, 0.4) is 0 Å². The lowest BCUT2D eigenvalue weighted by Crippen LogP contribution is -2.37. The zero-order valence-corrected chi connectivity index (χ0v) is 15.3. The molecule has 0 fully saturated rings. The molecule has 0 spiro atoms. The SMILES string of the molecule is COC(=O)CCN(CC(C)C)C(=O)CCn1nnc2ccccc2c1=O. The van der Waals surface area contributed by atoms with E-state index in [2.05, 4.69) is 15.0 Å². The summed E-state index contributed by atoms with van der Waals surface area (Å²) in [6.07, 6.45) is 0.255. The summed E-state index contributed by atoms with van der Waals surface area (Å²) in [6.45, 7) is 4.97. The lowest BCUT2D eigenvalue weighted by molar-refractivity contribution is -0.142. The van der Waals surface area contributed by atoms with Gasteiger partial charge in [-0.3, -0.25) is 14.4 Å². The molecule has 2 aromatic rings. The molecule has 0 saturated carbocycles. The third-order valence-corrected chi connectivity index (χ3v) is 3.92.